The monoisotopic (exact) mass is 233 g/mol. The van der Waals surface area contributed by atoms with E-state index in [-0.39, 0.29) is 0 Å². The van der Waals surface area contributed by atoms with E-state index in [9.17, 15) is 0 Å². The van der Waals surface area contributed by atoms with Crippen LogP contribution in [0.4, 0.5) is 5.82 Å². The van der Waals surface area contributed by atoms with Crippen LogP contribution in [0.3, 0.4) is 0 Å². The van der Waals surface area contributed by atoms with Gasteiger partial charge in [-0.2, -0.15) is 0 Å². The van der Waals surface area contributed by atoms with Crippen molar-refractivity contribution in [1.29, 1.82) is 0 Å². The Balaban J connectivity index is 3.00. The summed E-state index contributed by atoms with van der Waals surface area (Å²) < 4.78 is 0. The first-order valence-corrected chi connectivity index (χ1v) is 6.28. The number of anilines is 1. The number of aromatic nitrogens is 1. The summed E-state index contributed by atoms with van der Waals surface area (Å²) in [5, 5.41) is 3.43. The van der Waals surface area contributed by atoms with E-state index in [1.807, 2.05) is 18.3 Å². The van der Waals surface area contributed by atoms with Gasteiger partial charge in [-0.05, 0) is 26.5 Å². The van der Waals surface area contributed by atoms with Crippen molar-refractivity contribution in [2.45, 2.75) is 26.8 Å². The normalized spacial score (nSPS) is 12.2. The summed E-state index contributed by atoms with van der Waals surface area (Å²) in [4.78, 5) is 6.74. The van der Waals surface area contributed by atoms with Gasteiger partial charge >= 0.3 is 0 Å². The van der Waals surface area contributed by atoms with Crippen molar-refractivity contribution in [2.24, 2.45) is 0 Å². The molecule has 0 spiro atoms. The SMILES string of the molecule is C=CCN(CC)c1ncccc1C(C)NCC. The summed E-state index contributed by atoms with van der Waals surface area (Å²) in [6.45, 7) is 13.0. The van der Waals surface area contributed by atoms with E-state index in [4.69, 9.17) is 0 Å². The number of hydrogen-bond acceptors (Lipinski definition) is 3. The van der Waals surface area contributed by atoms with Crippen molar-refractivity contribution in [3.05, 3.63) is 36.5 Å². The molecule has 0 bridgehead atoms. The van der Waals surface area contributed by atoms with Crippen molar-refractivity contribution in [1.82, 2.24) is 10.3 Å². The number of likely N-dealkylation sites (N-methyl/N-ethyl adjacent to an activating group) is 1. The molecular weight excluding hydrogens is 210 g/mol. The van der Waals surface area contributed by atoms with Crippen molar-refractivity contribution in [3.63, 3.8) is 0 Å². The molecule has 3 heteroatoms. The molecule has 0 aromatic carbocycles. The zero-order valence-corrected chi connectivity index (χ0v) is 11.1. The van der Waals surface area contributed by atoms with Crippen molar-refractivity contribution in [2.75, 3.05) is 24.5 Å². The van der Waals surface area contributed by atoms with Gasteiger partial charge in [0, 0.05) is 30.9 Å². The lowest BCUT2D eigenvalue weighted by molar-refractivity contribution is 0.594. The average molecular weight is 233 g/mol. The Bertz CT molecular complexity index is 349. The van der Waals surface area contributed by atoms with Gasteiger partial charge in [0.25, 0.3) is 0 Å². The maximum absolute atomic E-state index is 4.51. The lowest BCUT2D eigenvalue weighted by Crippen LogP contribution is -2.27. The first-order chi connectivity index (χ1) is 8.24. The standard InChI is InChI=1S/C14H23N3/c1-5-11-17(7-3)14-13(9-8-10-16-14)12(4)15-6-2/h5,8-10,12,15H,1,6-7,11H2,2-4H3. The molecule has 0 saturated heterocycles. The maximum Gasteiger partial charge on any atom is 0.133 e. The smallest absolute Gasteiger partial charge is 0.133 e. The lowest BCUT2D eigenvalue weighted by Gasteiger charge is -2.25. The molecule has 1 unspecified atom stereocenters. The predicted molar refractivity (Wildman–Crippen MR) is 74.4 cm³/mol. The summed E-state index contributed by atoms with van der Waals surface area (Å²) >= 11 is 0. The van der Waals surface area contributed by atoms with Crippen LogP contribution in [0, 0.1) is 0 Å². The molecule has 17 heavy (non-hydrogen) atoms. The van der Waals surface area contributed by atoms with Crippen LogP contribution in [0.25, 0.3) is 0 Å². The van der Waals surface area contributed by atoms with Gasteiger partial charge in [0.1, 0.15) is 5.82 Å². The molecule has 1 rings (SSSR count). The van der Waals surface area contributed by atoms with Gasteiger partial charge in [0.2, 0.25) is 0 Å². The van der Waals surface area contributed by atoms with Crippen molar-refractivity contribution >= 4 is 5.82 Å². The summed E-state index contributed by atoms with van der Waals surface area (Å²) in [5.74, 6) is 1.06. The molecule has 0 aliphatic heterocycles. The van der Waals surface area contributed by atoms with Gasteiger partial charge in [-0.15, -0.1) is 6.58 Å². The number of nitrogens with zero attached hydrogens (tertiary/aromatic N) is 2. The highest BCUT2D eigenvalue weighted by Gasteiger charge is 2.14. The Morgan fingerprint density at radius 3 is 2.88 bits per heavy atom. The van der Waals surface area contributed by atoms with E-state index in [0.29, 0.717) is 6.04 Å². The fourth-order valence-electron chi connectivity index (χ4n) is 1.95. The first kappa shape index (κ1) is 13.7. The number of pyridine rings is 1. The van der Waals surface area contributed by atoms with Crippen LogP contribution < -0.4 is 10.2 Å². The molecule has 0 saturated carbocycles. The van der Waals surface area contributed by atoms with E-state index in [0.717, 1.165) is 25.5 Å². The predicted octanol–water partition coefficient (Wildman–Crippen LogP) is 2.76. The fraction of sp³-hybridized carbons (Fsp3) is 0.500. The highest BCUT2D eigenvalue weighted by molar-refractivity contribution is 5.48. The molecule has 0 aliphatic rings. The quantitative estimate of drug-likeness (QED) is 0.734. The largest absolute Gasteiger partial charge is 0.353 e. The minimum absolute atomic E-state index is 0.322. The molecule has 3 nitrogen and oxygen atoms in total. The first-order valence-electron chi connectivity index (χ1n) is 6.28. The third kappa shape index (κ3) is 3.56. The van der Waals surface area contributed by atoms with E-state index < -0.39 is 0 Å². The highest BCUT2D eigenvalue weighted by atomic mass is 15.2. The van der Waals surface area contributed by atoms with Gasteiger partial charge < -0.3 is 10.2 Å². The number of hydrogen-bond donors (Lipinski definition) is 1. The fourth-order valence-corrected chi connectivity index (χ4v) is 1.95. The average Bonchev–Trinajstić information content (AvgIpc) is 2.36. The van der Waals surface area contributed by atoms with Gasteiger partial charge in [-0.25, -0.2) is 4.98 Å². The Morgan fingerprint density at radius 2 is 2.29 bits per heavy atom. The molecule has 1 aromatic rings. The minimum Gasteiger partial charge on any atom is -0.353 e. The van der Waals surface area contributed by atoms with Crippen LogP contribution in [-0.2, 0) is 0 Å². The molecule has 1 N–H and O–H groups in total. The Labute approximate surface area is 105 Å². The van der Waals surface area contributed by atoms with E-state index in [1.54, 1.807) is 0 Å². The second kappa shape index (κ2) is 7.07. The molecule has 0 fully saturated rings. The Kier molecular flexibility index (Phi) is 5.70. The minimum atomic E-state index is 0.322. The topological polar surface area (TPSA) is 28.2 Å². The van der Waals surface area contributed by atoms with Crippen LogP contribution in [0.1, 0.15) is 32.4 Å². The summed E-state index contributed by atoms with van der Waals surface area (Å²) in [6.07, 6.45) is 3.77. The van der Waals surface area contributed by atoms with Crippen molar-refractivity contribution in [3.8, 4) is 0 Å². The molecule has 94 valence electrons. The van der Waals surface area contributed by atoms with Crippen LogP contribution in [0.2, 0.25) is 0 Å². The third-order valence-corrected chi connectivity index (χ3v) is 2.82. The van der Waals surface area contributed by atoms with E-state index in [1.165, 1.54) is 5.56 Å². The Morgan fingerprint density at radius 1 is 1.53 bits per heavy atom. The Hall–Kier alpha value is -1.35. The zero-order chi connectivity index (χ0) is 12.7. The third-order valence-electron chi connectivity index (χ3n) is 2.82. The number of nitrogens with one attached hydrogen (secondary N) is 1. The van der Waals surface area contributed by atoms with E-state index in [2.05, 4.69) is 48.6 Å². The zero-order valence-electron chi connectivity index (χ0n) is 11.1. The molecular formula is C14H23N3. The second-order valence-corrected chi connectivity index (χ2v) is 4.02. The van der Waals surface area contributed by atoms with Crippen LogP contribution in [-0.4, -0.2) is 24.6 Å². The van der Waals surface area contributed by atoms with Gasteiger partial charge in [-0.1, -0.05) is 19.1 Å². The molecule has 0 amide bonds. The van der Waals surface area contributed by atoms with Crippen molar-refractivity contribution < 1.29 is 0 Å². The molecule has 0 radical (unpaired) electrons. The van der Waals surface area contributed by atoms with E-state index >= 15 is 0 Å². The van der Waals surface area contributed by atoms with Gasteiger partial charge in [0.05, 0.1) is 0 Å². The molecule has 0 aliphatic carbocycles. The van der Waals surface area contributed by atoms with Gasteiger partial charge in [-0.3, -0.25) is 0 Å². The lowest BCUT2D eigenvalue weighted by atomic mass is 10.1. The summed E-state index contributed by atoms with van der Waals surface area (Å²) in [7, 11) is 0. The maximum atomic E-state index is 4.51. The second-order valence-electron chi connectivity index (χ2n) is 4.02. The molecule has 1 atom stereocenters. The highest BCUT2D eigenvalue weighted by Crippen LogP contribution is 2.23. The van der Waals surface area contributed by atoms with Crippen LogP contribution in [0.5, 0.6) is 0 Å². The molecule has 1 heterocycles. The summed E-state index contributed by atoms with van der Waals surface area (Å²) in [6, 6.07) is 4.46. The van der Waals surface area contributed by atoms with Gasteiger partial charge in [0.15, 0.2) is 0 Å². The number of rotatable bonds is 7. The molecule has 1 aromatic heterocycles. The van der Waals surface area contributed by atoms with Crippen LogP contribution >= 0.6 is 0 Å². The summed E-state index contributed by atoms with van der Waals surface area (Å²) in [5.41, 5.74) is 1.25. The van der Waals surface area contributed by atoms with Crippen LogP contribution in [0.15, 0.2) is 31.0 Å².